The average Bonchev–Trinajstić information content (AvgIpc) is 2.28. The first-order valence-corrected chi connectivity index (χ1v) is 6.42. The van der Waals surface area contributed by atoms with Crippen molar-refractivity contribution in [3.63, 3.8) is 0 Å². The van der Waals surface area contributed by atoms with E-state index >= 15 is 0 Å². The van der Waals surface area contributed by atoms with Crippen molar-refractivity contribution in [2.45, 2.75) is 38.6 Å². The smallest absolute Gasteiger partial charge is 0.234 e. The van der Waals surface area contributed by atoms with Crippen molar-refractivity contribution in [2.24, 2.45) is 0 Å². The lowest BCUT2D eigenvalue weighted by Gasteiger charge is -2.32. The minimum atomic E-state index is 0.120. The minimum absolute atomic E-state index is 0.120. The van der Waals surface area contributed by atoms with Gasteiger partial charge < -0.3 is 15.5 Å². The quantitative estimate of drug-likeness (QED) is 0.698. The molecule has 0 spiro atoms. The van der Waals surface area contributed by atoms with Crippen LogP contribution in [0.25, 0.3) is 0 Å². The van der Waals surface area contributed by atoms with E-state index in [2.05, 4.69) is 22.5 Å². The number of likely N-dealkylation sites (N-methyl/N-ethyl adjacent to an activating group) is 1. The third-order valence-electron chi connectivity index (χ3n) is 3.12. The van der Waals surface area contributed by atoms with E-state index in [-0.39, 0.29) is 5.91 Å². The molecule has 1 aliphatic heterocycles. The predicted octanol–water partition coefficient (Wildman–Crippen LogP) is 0.587. The summed E-state index contributed by atoms with van der Waals surface area (Å²) >= 11 is 0. The van der Waals surface area contributed by atoms with E-state index in [1.807, 2.05) is 0 Å². The molecule has 4 nitrogen and oxygen atoms in total. The Morgan fingerprint density at radius 1 is 1.38 bits per heavy atom. The Balaban J connectivity index is 2.14. The third kappa shape index (κ3) is 4.94. The van der Waals surface area contributed by atoms with Gasteiger partial charge in [-0.25, -0.2) is 0 Å². The molecule has 1 amide bonds. The third-order valence-corrected chi connectivity index (χ3v) is 3.12. The lowest BCUT2D eigenvalue weighted by Crippen LogP contribution is -2.46. The molecule has 0 aromatic rings. The van der Waals surface area contributed by atoms with Crippen LogP contribution in [0, 0.1) is 0 Å². The maximum Gasteiger partial charge on any atom is 0.234 e. The van der Waals surface area contributed by atoms with Crippen molar-refractivity contribution in [3.05, 3.63) is 0 Å². The minimum Gasteiger partial charge on any atom is -0.352 e. The number of nitrogens with zero attached hydrogens (tertiary/aromatic N) is 1. The van der Waals surface area contributed by atoms with Crippen LogP contribution in [0.2, 0.25) is 0 Å². The van der Waals surface area contributed by atoms with Crippen LogP contribution in [0.1, 0.15) is 32.6 Å². The summed E-state index contributed by atoms with van der Waals surface area (Å²) in [6, 6.07) is 0.388. The normalized spacial score (nSPS) is 18.6. The molecule has 0 unspecified atom stereocenters. The summed E-state index contributed by atoms with van der Waals surface area (Å²) in [5.74, 6) is 0.120. The van der Waals surface area contributed by atoms with Crippen LogP contribution in [0.15, 0.2) is 0 Å². The second kappa shape index (κ2) is 7.63. The number of nitrogens with one attached hydrogen (secondary N) is 2. The van der Waals surface area contributed by atoms with Gasteiger partial charge in [0.05, 0.1) is 6.54 Å². The molecule has 94 valence electrons. The highest BCUT2D eigenvalue weighted by molar-refractivity contribution is 5.78. The van der Waals surface area contributed by atoms with Gasteiger partial charge >= 0.3 is 0 Å². The Labute approximate surface area is 98.8 Å². The van der Waals surface area contributed by atoms with Crippen LogP contribution in [-0.4, -0.2) is 50.1 Å². The van der Waals surface area contributed by atoms with Crippen LogP contribution in [0.5, 0.6) is 0 Å². The number of amides is 1. The molecule has 0 bridgehead atoms. The summed E-state index contributed by atoms with van der Waals surface area (Å²) in [7, 11) is 1.80. The predicted molar refractivity (Wildman–Crippen MR) is 66.4 cm³/mol. The Hall–Kier alpha value is -0.610. The molecular weight excluding hydrogens is 202 g/mol. The summed E-state index contributed by atoms with van der Waals surface area (Å²) in [5, 5.41) is 5.94. The maximum atomic E-state index is 11.4. The van der Waals surface area contributed by atoms with Crippen molar-refractivity contribution < 1.29 is 4.79 Å². The van der Waals surface area contributed by atoms with Crippen LogP contribution >= 0.6 is 0 Å². The fourth-order valence-corrected chi connectivity index (χ4v) is 2.12. The lowest BCUT2D eigenvalue weighted by molar-refractivity contribution is -0.121. The molecule has 0 atom stereocenters. The zero-order valence-corrected chi connectivity index (χ0v) is 10.6. The molecule has 0 saturated carbocycles. The Morgan fingerprint density at radius 3 is 2.62 bits per heavy atom. The molecule has 0 radical (unpaired) electrons. The molecule has 16 heavy (non-hydrogen) atoms. The zero-order valence-electron chi connectivity index (χ0n) is 10.6. The summed E-state index contributed by atoms with van der Waals surface area (Å²) < 4.78 is 0. The first kappa shape index (κ1) is 13.5. The van der Waals surface area contributed by atoms with Gasteiger partial charge in [0.2, 0.25) is 5.91 Å². The van der Waals surface area contributed by atoms with Crippen LogP contribution in [0.4, 0.5) is 0 Å². The fourth-order valence-electron chi connectivity index (χ4n) is 2.12. The van der Waals surface area contributed by atoms with Gasteiger partial charge in [0.15, 0.2) is 0 Å². The van der Waals surface area contributed by atoms with Crippen molar-refractivity contribution in [1.82, 2.24) is 15.5 Å². The summed E-state index contributed by atoms with van der Waals surface area (Å²) in [5.41, 5.74) is 0. The largest absolute Gasteiger partial charge is 0.352 e. The molecule has 1 aliphatic rings. The molecule has 0 aromatic carbocycles. The number of carbonyl (C=O) groups excluding carboxylic acids is 1. The van der Waals surface area contributed by atoms with Crippen LogP contribution in [-0.2, 0) is 4.79 Å². The highest BCUT2D eigenvalue weighted by atomic mass is 16.1. The van der Waals surface area contributed by atoms with Gasteiger partial charge in [0, 0.05) is 19.1 Å². The highest BCUT2D eigenvalue weighted by Gasteiger charge is 2.19. The van der Waals surface area contributed by atoms with Gasteiger partial charge in [-0.1, -0.05) is 13.3 Å². The first-order valence-electron chi connectivity index (χ1n) is 6.42. The molecule has 1 rings (SSSR count). The SMILES string of the molecule is CCCCN1CCC(NC(=O)CNC)CC1. The number of piperidine rings is 1. The molecule has 2 N–H and O–H groups in total. The van der Waals surface area contributed by atoms with Gasteiger partial charge in [-0.3, -0.25) is 4.79 Å². The van der Waals surface area contributed by atoms with Gasteiger partial charge in [-0.05, 0) is 32.9 Å². The number of hydrogen-bond donors (Lipinski definition) is 2. The van der Waals surface area contributed by atoms with E-state index in [0.29, 0.717) is 12.6 Å². The van der Waals surface area contributed by atoms with Crippen molar-refractivity contribution in [1.29, 1.82) is 0 Å². The number of unbranched alkanes of at least 4 members (excludes halogenated alkanes) is 1. The van der Waals surface area contributed by atoms with Gasteiger partial charge in [0.25, 0.3) is 0 Å². The monoisotopic (exact) mass is 227 g/mol. The van der Waals surface area contributed by atoms with Crippen LogP contribution in [0.3, 0.4) is 0 Å². The average molecular weight is 227 g/mol. The Kier molecular flexibility index (Phi) is 6.42. The van der Waals surface area contributed by atoms with E-state index in [1.165, 1.54) is 19.4 Å². The zero-order chi connectivity index (χ0) is 11.8. The highest BCUT2D eigenvalue weighted by Crippen LogP contribution is 2.10. The van der Waals surface area contributed by atoms with Crippen molar-refractivity contribution in [3.8, 4) is 0 Å². The lowest BCUT2D eigenvalue weighted by atomic mass is 10.0. The number of hydrogen-bond acceptors (Lipinski definition) is 3. The van der Waals surface area contributed by atoms with Crippen molar-refractivity contribution >= 4 is 5.91 Å². The van der Waals surface area contributed by atoms with Gasteiger partial charge in [-0.2, -0.15) is 0 Å². The standard InChI is InChI=1S/C12H25N3O/c1-3-4-7-15-8-5-11(6-9-15)14-12(16)10-13-2/h11,13H,3-10H2,1-2H3,(H,14,16). The van der Waals surface area contributed by atoms with Crippen LogP contribution < -0.4 is 10.6 Å². The number of carbonyl (C=O) groups is 1. The molecule has 1 heterocycles. The second-order valence-corrected chi connectivity index (χ2v) is 4.57. The maximum absolute atomic E-state index is 11.4. The van der Waals surface area contributed by atoms with E-state index in [0.717, 1.165) is 25.9 Å². The molecular formula is C12H25N3O. The summed E-state index contributed by atoms with van der Waals surface area (Å²) in [6.07, 6.45) is 4.74. The Morgan fingerprint density at radius 2 is 2.06 bits per heavy atom. The van der Waals surface area contributed by atoms with E-state index in [1.54, 1.807) is 7.05 Å². The number of rotatable bonds is 6. The molecule has 0 aromatic heterocycles. The molecule has 4 heteroatoms. The fraction of sp³-hybridized carbons (Fsp3) is 0.917. The van der Waals surface area contributed by atoms with E-state index < -0.39 is 0 Å². The molecule has 0 aliphatic carbocycles. The van der Waals surface area contributed by atoms with Gasteiger partial charge in [-0.15, -0.1) is 0 Å². The molecule has 1 saturated heterocycles. The Bertz CT molecular complexity index is 200. The second-order valence-electron chi connectivity index (χ2n) is 4.57. The molecule has 1 fully saturated rings. The summed E-state index contributed by atoms with van der Waals surface area (Å²) in [6.45, 7) is 6.13. The first-order chi connectivity index (χ1) is 7.76. The van der Waals surface area contributed by atoms with E-state index in [9.17, 15) is 4.79 Å². The van der Waals surface area contributed by atoms with Gasteiger partial charge in [0.1, 0.15) is 0 Å². The topological polar surface area (TPSA) is 44.4 Å². The van der Waals surface area contributed by atoms with E-state index in [4.69, 9.17) is 0 Å². The summed E-state index contributed by atoms with van der Waals surface area (Å²) in [4.78, 5) is 13.9. The number of likely N-dealkylation sites (tertiary alicyclic amines) is 1. The van der Waals surface area contributed by atoms with Crippen molar-refractivity contribution in [2.75, 3.05) is 33.2 Å².